The number of amides is 1. The Kier molecular flexibility index (Phi) is 10.0. The van der Waals surface area contributed by atoms with Gasteiger partial charge in [-0.15, -0.1) is 0 Å². The number of pyridine rings is 1. The molecule has 2 aliphatic rings. The second-order valence-corrected chi connectivity index (χ2v) is 8.91. The maximum atomic E-state index is 12.5. The zero-order valence-electron chi connectivity index (χ0n) is 19.3. The number of fused-ring (bicyclic) bond motifs is 1. The molecule has 2 atom stereocenters. The van der Waals surface area contributed by atoms with Gasteiger partial charge in [0.05, 0.1) is 12.2 Å². The zero-order chi connectivity index (χ0) is 28.0. The predicted octanol–water partition coefficient (Wildman–Crippen LogP) is 4.09. The lowest BCUT2D eigenvalue weighted by atomic mass is 10.1. The van der Waals surface area contributed by atoms with Gasteiger partial charge in [0.2, 0.25) is 5.91 Å². The Balaban J connectivity index is 0.000000286. The van der Waals surface area contributed by atoms with Crippen LogP contribution in [0.2, 0.25) is 0 Å². The fourth-order valence-corrected chi connectivity index (χ4v) is 4.55. The molecule has 4 heterocycles. The van der Waals surface area contributed by atoms with Crippen LogP contribution in [0.4, 0.5) is 26.3 Å². The lowest BCUT2D eigenvalue weighted by Crippen LogP contribution is -2.36. The van der Waals surface area contributed by atoms with E-state index in [1.165, 1.54) is 5.56 Å². The number of carbonyl (C=O) groups is 3. The molecule has 2 saturated heterocycles. The molecule has 0 bridgehead atoms. The van der Waals surface area contributed by atoms with Crippen LogP contribution in [0.5, 0.6) is 0 Å². The maximum Gasteiger partial charge on any atom is 0.490 e. The Morgan fingerprint density at radius 3 is 2.11 bits per heavy atom. The number of hydrogen-bond donors (Lipinski definition) is 2. The first-order valence-electron chi connectivity index (χ1n) is 10.7. The molecule has 4 rings (SSSR count). The number of nitrogens with zero attached hydrogens (tertiary/aromatic N) is 3. The third-order valence-electron chi connectivity index (χ3n) is 5.46. The van der Waals surface area contributed by atoms with E-state index in [1.54, 1.807) is 11.3 Å². The number of thiophene rings is 1. The second-order valence-electron chi connectivity index (χ2n) is 8.13. The summed E-state index contributed by atoms with van der Waals surface area (Å²) in [6.07, 6.45) is -8.44. The molecule has 0 radical (unpaired) electrons. The lowest BCUT2D eigenvalue weighted by Gasteiger charge is -2.25. The van der Waals surface area contributed by atoms with Crippen LogP contribution >= 0.6 is 11.3 Å². The molecule has 2 aromatic heterocycles. The first kappa shape index (κ1) is 30.0. The Labute approximate surface area is 211 Å². The molecule has 2 fully saturated rings. The van der Waals surface area contributed by atoms with Crippen LogP contribution in [-0.4, -0.2) is 73.8 Å². The van der Waals surface area contributed by atoms with Crippen molar-refractivity contribution in [2.24, 2.45) is 0 Å². The van der Waals surface area contributed by atoms with Crippen molar-refractivity contribution in [2.45, 2.75) is 57.3 Å². The number of aromatic nitrogens is 1. The van der Waals surface area contributed by atoms with Crippen LogP contribution in [0.3, 0.4) is 0 Å². The second kappa shape index (κ2) is 12.4. The van der Waals surface area contributed by atoms with Crippen molar-refractivity contribution in [1.82, 2.24) is 14.8 Å². The first-order valence-corrected chi connectivity index (χ1v) is 11.6. The SMILES string of the molecule is Cc1cccc(CN2C(=O)C[C@@H]3[C@@H]2CCN3Cc2ccsc2)n1.O=C(O)C(F)(F)F.O=C(O)C(F)(F)F. The molecule has 2 aromatic rings. The number of carboxylic acids is 2. The number of alkyl halides is 6. The van der Waals surface area contributed by atoms with Crippen LogP contribution in [-0.2, 0) is 27.5 Å². The van der Waals surface area contributed by atoms with Gasteiger partial charge in [0.25, 0.3) is 0 Å². The molecule has 204 valence electrons. The van der Waals surface area contributed by atoms with Gasteiger partial charge in [-0.3, -0.25) is 14.7 Å². The van der Waals surface area contributed by atoms with Gasteiger partial charge in [-0.25, -0.2) is 9.59 Å². The molecular formula is C22H23F6N3O5S. The summed E-state index contributed by atoms with van der Waals surface area (Å²) in [6.45, 7) is 4.69. The molecule has 37 heavy (non-hydrogen) atoms. The standard InChI is InChI=1S/C18H21N3OS.2C2HF3O2/c1-13-3-2-4-15(19-13)11-21-16-5-7-20(17(16)9-18(21)22)10-14-6-8-23-12-14;2*3-2(4,5)1(6)7/h2-4,6,8,12,16-17H,5,7,9-11H2,1H3;2*(H,6,7)/t16-,17+;;/m0../s1. The van der Waals surface area contributed by atoms with Crippen molar-refractivity contribution in [3.05, 3.63) is 52.0 Å². The Morgan fingerprint density at radius 2 is 1.62 bits per heavy atom. The van der Waals surface area contributed by atoms with E-state index in [0.717, 1.165) is 30.9 Å². The summed E-state index contributed by atoms with van der Waals surface area (Å²) < 4.78 is 63.5. The molecule has 0 unspecified atom stereocenters. The number of aryl methyl sites for hydroxylation is 1. The van der Waals surface area contributed by atoms with Gasteiger partial charge in [-0.1, -0.05) is 6.07 Å². The topological polar surface area (TPSA) is 111 Å². The van der Waals surface area contributed by atoms with Crippen molar-refractivity contribution >= 4 is 29.2 Å². The summed E-state index contributed by atoms with van der Waals surface area (Å²) in [5, 5.41) is 18.6. The monoisotopic (exact) mass is 555 g/mol. The van der Waals surface area contributed by atoms with E-state index in [9.17, 15) is 31.1 Å². The number of carbonyl (C=O) groups excluding carboxylic acids is 1. The van der Waals surface area contributed by atoms with Gasteiger partial charge >= 0.3 is 24.3 Å². The van der Waals surface area contributed by atoms with Crippen LogP contribution in [0.15, 0.2) is 35.0 Å². The molecule has 0 saturated carbocycles. The Bertz CT molecular complexity index is 1050. The highest BCUT2D eigenvalue weighted by Gasteiger charge is 2.46. The zero-order valence-corrected chi connectivity index (χ0v) is 20.1. The highest BCUT2D eigenvalue weighted by Crippen LogP contribution is 2.34. The van der Waals surface area contributed by atoms with E-state index in [1.807, 2.05) is 25.1 Å². The largest absolute Gasteiger partial charge is 0.490 e. The van der Waals surface area contributed by atoms with Gasteiger partial charge in [-0.2, -0.15) is 37.7 Å². The normalized spacial score (nSPS) is 19.4. The average molecular weight is 555 g/mol. The number of hydrogen-bond acceptors (Lipinski definition) is 6. The van der Waals surface area contributed by atoms with Gasteiger partial charge in [0, 0.05) is 37.3 Å². The maximum absolute atomic E-state index is 12.5. The Morgan fingerprint density at radius 1 is 1.03 bits per heavy atom. The van der Waals surface area contributed by atoms with Crippen molar-refractivity contribution in [3.8, 4) is 0 Å². The van der Waals surface area contributed by atoms with Gasteiger partial charge < -0.3 is 15.1 Å². The molecule has 8 nitrogen and oxygen atoms in total. The molecule has 15 heteroatoms. The summed E-state index contributed by atoms with van der Waals surface area (Å²) in [4.78, 5) is 39.4. The Hall–Kier alpha value is -3.20. The molecular weight excluding hydrogens is 532 g/mol. The van der Waals surface area contributed by atoms with E-state index < -0.39 is 24.3 Å². The number of aliphatic carboxylic acids is 2. The van der Waals surface area contributed by atoms with Crippen molar-refractivity contribution in [2.75, 3.05) is 6.54 Å². The summed E-state index contributed by atoms with van der Waals surface area (Å²) in [5.74, 6) is -5.24. The summed E-state index contributed by atoms with van der Waals surface area (Å²) in [5.41, 5.74) is 3.37. The number of halogens is 6. The molecule has 2 N–H and O–H groups in total. The summed E-state index contributed by atoms with van der Waals surface area (Å²) in [7, 11) is 0. The van der Waals surface area contributed by atoms with Crippen molar-refractivity contribution < 1.29 is 50.9 Å². The number of rotatable bonds is 4. The minimum absolute atomic E-state index is 0.276. The van der Waals surface area contributed by atoms with Crippen LogP contribution < -0.4 is 0 Å². The van der Waals surface area contributed by atoms with E-state index >= 15 is 0 Å². The fourth-order valence-electron chi connectivity index (χ4n) is 3.89. The smallest absolute Gasteiger partial charge is 0.475 e. The minimum Gasteiger partial charge on any atom is -0.475 e. The van der Waals surface area contributed by atoms with E-state index in [4.69, 9.17) is 19.8 Å². The molecule has 2 aliphatic heterocycles. The van der Waals surface area contributed by atoms with Crippen LogP contribution in [0, 0.1) is 6.92 Å². The van der Waals surface area contributed by atoms with Crippen molar-refractivity contribution in [1.29, 1.82) is 0 Å². The number of likely N-dealkylation sites (tertiary alicyclic amines) is 2. The highest BCUT2D eigenvalue weighted by atomic mass is 32.1. The summed E-state index contributed by atoms with van der Waals surface area (Å²) in [6, 6.07) is 8.94. The third kappa shape index (κ3) is 9.00. The highest BCUT2D eigenvalue weighted by molar-refractivity contribution is 7.07. The van der Waals surface area contributed by atoms with Gasteiger partial charge in [-0.05, 0) is 47.9 Å². The average Bonchev–Trinajstić information content (AvgIpc) is 3.49. The molecule has 0 spiro atoms. The lowest BCUT2D eigenvalue weighted by molar-refractivity contribution is -0.193. The molecule has 0 aliphatic carbocycles. The third-order valence-corrected chi connectivity index (χ3v) is 6.19. The molecule has 0 aromatic carbocycles. The van der Waals surface area contributed by atoms with Gasteiger partial charge in [0.15, 0.2) is 0 Å². The first-order chi connectivity index (χ1) is 17.1. The van der Waals surface area contributed by atoms with E-state index in [2.05, 4.69) is 31.6 Å². The summed E-state index contributed by atoms with van der Waals surface area (Å²) >= 11 is 1.74. The predicted molar refractivity (Wildman–Crippen MR) is 118 cm³/mol. The number of carboxylic acid groups (broad SMARTS) is 2. The van der Waals surface area contributed by atoms with Crippen molar-refractivity contribution in [3.63, 3.8) is 0 Å². The molecule has 1 amide bonds. The van der Waals surface area contributed by atoms with Crippen LogP contribution in [0.1, 0.15) is 29.8 Å². The van der Waals surface area contributed by atoms with E-state index in [-0.39, 0.29) is 5.91 Å². The van der Waals surface area contributed by atoms with Crippen LogP contribution in [0.25, 0.3) is 0 Å². The quantitative estimate of drug-likeness (QED) is 0.547. The van der Waals surface area contributed by atoms with E-state index in [0.29, 0.717) is 25.0 Å². The minimum atomic E-state index is -5.08. The fraction of sp³-hybridized carbons (Fsp3) is 0.455. The van der Waals surface area contributed by atoms with Gasteiger partial charge in [0.1, 0.15) is 0 Å².